The third-order valence-corrected chi connectivity index (χ3v) is 8.13. The van der Waals surface area contributed by atoms with Crippen LogP contribution in [-0.4, -0.2) is 84.5 Å². The van der Waals surface area contributed by atoms with Crippen LogP contribution >= 0.6 is 0 Å². The molecule has 14 heteroatoms. The van der Waals surface area contributed by atoms with Crippen molar-refractivity contribution >= 4 is 35.9 Å². The maximum Gasteiger partial charge on any atom is 0.328 e. The molecule has 0 unspecified atom stereocenters. The summed E-state index contributed by atoms with van der Waals surface area (Å²) in [4.78, 5) is 71.6. The lowest BCUT2D eigenvalue weighted by Gasteiger charge is -2.17. The third-order valence-electron chi connectivity index (χ3n) is 8.13. The summed E-state index contributed by atoms with van der Waals surface area (Å²) in [6.07, 6.45) is 16.8. The summed E-state index contributed by atoms with van der Waals surface area (Å²) in [5, 5.41) is 28.5. The van der Waals surface area contributed by atoms with Crippen LogP contribution in [0.25, 0.3) is 0 Å². The van der Waals surface area contributed by atoms with Crippen molar-refractivity contribution in [2.24, 2.45) is 0 Å². The van der Waals surface area contributed by atoms with Crippen molar-refractivity contribution in [3.8, 4) is 0 Å². The summed E-state index contributed by atoms with van der Waals surface area (Å²) in [6.45, 7) is 5.57. The average molecular weight is 715 g/mol. The van der Waals surface area contributed by atoms with Crippen molar-refractivity contribution in [1.29, 1.82) is 0 Å². The van der Waals surface area contributed by atoms with Crippen molar-refractivity contribution in [2.45, 2.75) is 167 Å². The second kappa shape index (κ2) is 32.6. The number of amides is 4. The van der Waals surface area contributed by atoms with Crippen LogP contribution in [0.1, 0.15) is 155 Å². The van der Waals surface area contributed by atoms with Gasteiger partial charge < -0.3 is 41.0 Å². The zero-order valence-corrected chi connectivity index (χ0v) is 30.7. The first-order valence-electron chi connectivity index (χ1n) is 19.0. The van der Waals surface area contributed by atoms with Crippen molar-refractivity contribution < 1.29 is 48.5 Å². The molecule has 0 aromatic carbocycles. The van der Waals surface area contributed by atoms with Crippen LogP contribution in [0.3, 0.4) is 0 Å². The molecule has 0 radical (unpaired) electrons. The Morgan fingerprint density at radius 2 is 0.800 bits per heavy atom. The van der Waals surface area contributed by atoms with Gasteiger partial charge in [0, 0.05) is 25.9 Å². The number of carboxylic acid groups (broad SMARTS) is 2. The van der Waals surface area contributed by atoms with E-state index < -0.39 is 48.0 Å². The maximum atomic E-state index is 12.5. The summed E-state index contributed by atoms with van der Waals surface area (Å²) < 4.78 is 10.6. The topological polar surface area (TPSA) is 209 Å². The molecule has 0 saturated carbocycles. The second-order valence-electron chi connectivity index (χ2n) is 12.8. The maximum absolute atomic E-state index is 12.5. The number of hydrogen-bond donors (Lipinski definition) is 6. The van der Waals surface area contributed by atoms with E-state index in [0.29, 0.717) is 13.1 Å². The molecule has 0 rings (SSSR count). The Hall–Kier alpha value is -3.58. The summed E-state index contributed by atoms with van der Waals surface area (Å²) in [7, 11) is 0. The minimum absolute atomic E-state index is 0.0498. The predicted molar refractivity (Wildman–Crippen MR) is 191 cm³/mol. The van der Waals surface area contributed by atoms with Gasteiger partial charge in [-0.25, -0.2) is 19.2 Å². The standard InChI is InChI=1S/C36H66N4O10/c1-3-5-7-9-15-19-27-49-33(45)29(21-23-31(41)42)39-35(47)37-25-17-13-11-12-14-18-26-38-36(48)40-30(22-24-32(43)44)34(46)50-28-20-16-10-8-6-4-2/h29-30H,3-28H2,1-2H3,(H,41,42)(H,43,44)(H2,37,39,47)(H2,38,40,48)/t29-,30-/m0/s1. The number of rotatable bonds is 33. The first kappa shape index (κ1) is 46.4. The molecular formula is C36H66N4O10. The van der Waals surface area contributed by atoms with E-state index in [2.05, 4.69) is 35.1 Å². The molecule has 0 saturated heterocycles. The summed E-state index contributed by atoms with van der Waals surface area (Å²) in [6, 6.07) is -3.14. The average Bonchev–Trinajstić information content (AvgIpc) is 3.08. The van der Waals surface area contributed by atoms with Gasteiger partial charge in [0.1, 0.15) is 12.1 Å². The highest BCUT2D eigenvalue weighted by Crippen LogP contribution is 2.09. The Morgan fingerprint density at radius 1 is 0.480 bits per heavy atom. The van der Waals surface area contributed by atoms with Gasteiger partial charge in [0.15, 0.2) is 0 Å². The third kappa shape index (κ3) is 29.3. The molecule has 2 atom stereocenters. The smallest absolute Gasteiger partial charge is 0.328 e. The highest BCUT2D eigenvalue weighted by Gasteiger charge is 2.24. The van der Waals surface area contributed by atoms with E-state index in [-0.39, 0.29) is 38.9 Å². The van der Waals surface area contributed by atoms with E-state index in [1.165, 1.54) is 12.8 Å². The van der Waals surface area contributed by atoms with Crippen LogP contribution in [-0.2, 0) is 28.7 Å². The Balaban J connectivity index is 4.18. The van der Waals surface area contributed by atoms with E-state index in [0.717, 1.165) is 103 Å². The number of hydrogen-bond acceptors (Lipinski definition) is 8. The first-order valence-corrected chi connectivity index (χ1v) is 19.0. The van der Waals surface area contributed by atoms with Crippen LogP contribution in [0, 0.1) is 0 Å². The molecule has 0 bridgehead atoms. The van der Waals surface area contributed by atoms with E-state index in [4.69, 9.17) is 19.7 Å². The summed E-state index contributed by atoms with van der Waals surface area (Å²) >= 11 is 0. The van der Waals surface area contributed by atoms with E-state index in [1.807, 2.05) is 0 Å². The van der Waals surface area contributed by atoms with E-state index in [1.54, 1.807) is 0 Å². The number of urea groups is 2. The second-order valence-corrected chi connectivity index (χ2v) is 12.8. The molecule has 4 amide bonds. The molecule has 6 N–H and O–H groups in total. The predicted octanol–water partition coefficient (Wildman–Crippen LogP) is 6.20. The number of carboxylic acids is 2. The minimum Gasteiger partial charge on any atom is -0.481 e. The molecule has 0 aliphatic carbocycles. The molecule has 0 fully saturated rings. The number of esters is 2. The van der Waals surface area contributed by atoms with Crippen LogP contribution in [0.5, 0.6) is 0 Å². The Kier molecular flexibility index (Phi) is 30.3. The molecule has 0 heterocycles. The first-order chi connectivity index (χ1) is 24.1. The van der Waals surface area contributed by atoms with Gasteiger partial charge in [-0.1, -0.05) is 104 Å². The quantitative estimate of drug-likeness (QED) is 0.0335. The van der Waals surface area contributed by atoms with Crippen molar-refractivity contribution in [1.82, 2.24) is 21.3 Å². The molecule has 0 spiro atoms. The monoisotopic (exact) mass is 714 g/mol. The van der Waals surface area contributed by atoms with Crippen molar-refractivity contribution in [2.75, 3.05) is 26.3 Å². The fourth-order valence-corrected chi connectivity index (χ4v) is 5.12. The van der Waals surface area contributed by atoms with Gasteiger partial charge in [0.05, 0.1) is 13.2 Å². The number of unbranched alkanes of at least 4 members (excludes halogenated alkanes) is 15. The Morgan fingerprint density at radius 3 is 1.14 bits per heavy atom. The number of ether oxygens (including phenoxy) is 2. The molecule has 0 aromatic heterocycles. The van der Waals surface area contributed by atoms with Crippen LogP contribution in [0.4, 0.5) is 9.59 Å². The van der Waals surface area contributed by atoms with Gasteiger partial charge in [-0.3, -0.25) is 9.59 Å². The lowest BCUT2D eigenvalue weighted by molar-refractivity contribution is -0.148. The van der Waals surface area contributed by atoms with E-state index in [9.17, 15) is 28.8 Å². The molecule has 0 aliphatic heterocycles. The largest absolute Gasteiger partial charge is 0.481 e. The van der Waals surface area contributed by atoms with Crippen LogP contribution in [0.2, 0.25) is 0 Å². The van der Waals surface area contributed by atoms with Crippen molar-refractivity contribution in [3.05, 3.63) is 0 Å². The highest BCUT2D eigenvalue weighted by atomic mass is 16.5. The lowest BCUT2D eigenvalue weighted by atomic mass is 10.1. The normalized spacial score (nSPS) is 12.0. The van der Waals surface area contributed by atoms with Gasteiger partial charge in [-0.2, -0.15) is 0 Å². The number of aliphatic carboxylic acids is 2. The number of carbonyl (C=O) groups is 6. The fourth-order valence-electron chi connectivity index (χ4n) is 5.12. The zero-order valence-electron chi connectivity index (χ0n) is 30.7. The van der Waals surface area contributed by atoms with Crippen molar-refractivity contribution in [3.63, 3.8) is 0 Å². The molecule has 290 valence electrons. The van der Waals surface area contributed by atoms with E-state index >= 15 is 0 Å². The lowest BCUT2D eigenvalue weighted by Crippen LogP contribution is -2.47. The van der Waals surface area contributed by atoms with Crippen LogP contribution in [0.15, 0.2) is 0 Å². The van der Waals surface area contributed by atoms with Gasteiger partial charge in [0.2, 0.25) is 0 Å². The molecule has 0 aliphatic rings. The Labute approximate surface area is 298 Å². The molecular weight excluding hydrogens is 648 g/mol. The Bertz CT molecular complexity index is 876. The number of nitrogens with one attached hydrogen (secondary N) is 4. The minimum atomic E-state index is -1.06. The van der Waals surface area contributed by atoms with Crippen LogP contribution < -0.4 is 21.3 Å². The van der Waals surface area contributed by atoms with Gasteiger partial charge >= 0.3 is 35.9 Å². The van der Waals surface area contributed by atoms with Gasteiger partial charge in [0.25, 0.3) is 0 Å². The zero-order chi connectivity index (χ0) is 37.2. The summed E-state index contributed by atoms with van der Waals surface area (Å²) in [5.74, 6) is -3.36. The number of carbonyl (C=O) groups excluding carboxylic acids is 4. The summed E-state index contributed by atoms with van der Waals surface area (Å²) in [5.41, 5.74) is 0. The SMILES string of the molecule is CCCCCCCCOC(=O)[C@H](CCC(=O)O)NC(=O)NCCCCCCCCNC(=O)N[C@@H](CCC(=O)O)C(=O)OCCCCCCCC. The fraction of sp³-hybridized carbons (Fsp3) is 0.833. The van der Waals surface area contributed by atoms with Gasteiger partial charge in [-0.15, -0.1) is 0 Å². The molecule has 14 nitrogen and oxygen atoms in total. The molecule has 50 heavy (non-hydrogen) atoms. The highest BCUT2D eigenvalue weighted by molar-refractivity contribution is 5.84. The van der Waals surface area contributed by atoms with Gasteiger partial charge in [-0.05, 0) is 38.5 Å². The molecule has 0 aromatic rings.